The van der Waals surface area contributed by atoms with Gasteiger partial charge in [0.2, 0.25) is 0 Å². The second-order valence-corrected chi connectivity index (χ2v) is 4.97. The van der Waals surface area contributed by atoms with Gasteiger partial charge in [-0.2, -0.15) is 0 Å². The minimum Gasteiger partial charge on any atom is -0.348 e. The molecule has 0 atom stereocenters. The highest BCUT2D eigenvalue weighted by Crippen LogP contribution is 2.25. The third-order valence-electron chi connectivity index (χ3n) is 3.38. The highest BCUT2D eigenvalue weighted by Gasteiger charge is 2.11. The van der Waals surface area contributed by atoms with Crippen LogP contribution in [0.15, 0.2) is 30.5 Å². The number of benzene rings is 1. The van der Waals surface area contributed by atoms with Crippen LogP contribution >= 0.6 is 0 Å². The van der Waals surface area contributed by atoms with Crippen molar-refractivity contribution in [3.05, 3.63) is 47.3 Å². The van der Waals surface area contributed by atoms with Gasteiger partial charge in [-0.15, -0.1) is 0 Å². The average molecular weight is 226 g/mol. The van der Waals surface area contributed by atoms with Crippen molar-refractivity contribution in [3.8, 4) is 11.1 Å². The fourth-order valence-corrected chi connectivity index (χ4v) is 2.63. The second kappa shape index (κ2) is 4.04. The molecule has 1 aromatic carbocycles. The maximum absolute atomic E-state index is 3.41. The molecule has 2 nitrogen and oxygen atoms in total. The first-order valence-corrected chi connectivity index (χ1v) is 6.21. The summed E-state index contributed by atoms with van der Waals surface area (Å²) < 4.78 is 2.36. The lowest BCUT2D eigenvalue weighted by Crippen LogP contribution is -2.27. The minimum absolute atomic E-state index is 0.991. The normalized spacial score (nSPS) is 14.7. The zero-order chi connectivity index (χ0) is 11.8. The molecule has 2 aromatic rings. The van der Waals surface area contributed by atoms with E-state index in [1.165, 1.54) is 27.9 Å². The van der Waals surface area contributed by atoms with Gasteiger partial charge in [0, 0.05) is 31.5 Å². The van der Waals surface area contributed by atoms with Gasteiger partial charge in [-0.05, 0) is 31.0 Å². The number of aryl methyl sites for hydroxylation is 2. The van der Waals surface area contributed by atoms with E-state index in [2.05, 4.69) is 54.2 Å². The summed E-state index contributed by atoms with van der Waals surface area (Å²) in [7, 11) is 0. The predicted octanol–water partition coefficient (Wildman–Crippen LogP) is 2.88. The molecule has 2 heteroatoms. The van der Waals surface area contributed by atoms with Gasteiger partial charge >= 0.3 is 0 Å². The van der Waals surface area contributed by atoms with Gasteiger partial charge in [0.1, 0.15) is 0 Å². The smallest absolute Gasteiger partial charge is 0.0360 e. The van der Waals surface area contributed by atoms with E-state index in [0.717, 1.165) is 19.6 Å². The van der Waals surface area contributed by atoms with Crippen molar-refractivity contribution in [1.29, 1.82) is 0 Å². The van der Waals surface area contributed by atoms with Crippen LogP contribution in [0.3, 0.4) is 0 Å². The lowest BCUT2D eigenvalue weighted by Gasteiger charge is -2.15. The van der Waals surface area contributed by atoms with E-state index >= 15 is 0 Å². The molecule has 0 amide bonds. The average Bonchev–Trinajstić information content (AvgIpc) is 2.71. The van der Waals surface area contributed by atoms with Gasteiger partial charge in [-0.1, -0.05) is 29.3 Å². The maximum Gasteiger partial charge on any atom is 0.0360 e. The first kappa shape index (κ1) is 10.6. The van der Waals surface area contributed by atoms with E-state index in [-0.39, 0.29) is 0 Å². The van der Waals surface area contributed by atoms with Crippen molar-refractivity contribution in [2.45, 2.75) is 26.9 Å². The third kappa shape index (κ3) is 2.01. The molecule has 1 aromatic heterocycles. The van der Waals surface area contributed by atoms with E-state index < -0.39 is 0 Å². The summed E-state index contributed by atoms with van der Waals surface area (Å²) in [5.74, 6) is 0. The van der Waals surface area contributed by atoms with Crippen LogP contribution in [0.1, 0.15) is 16.8 Å². The first-order chi connectivity index (χ1) is 8.22. The molecule has 0 saturated heterocycles. The first-order valence-electron chi connectivity index (χ1n) is 6.21. The summed E-state index contributed by atoms with van der Waals surface area (Å²) in [6.45, 7) is 7.47. The molecule has 1 N–H and O–H groups in total. The Hall–Kier alpha value is -1.54. The molecule has 3 rings (SSSR count). The van der Waals surface area contributed by atoms with Crippen LogP contribution in [0, 0.1) is 13.8 Å². The molecule has 88 valence electrons. The summed E-state index contributed by atoms with van der Waals surface area (Å²) in [4.78, 5) is 0. The highest BCUT2D eigenvalue weighted by atomic mass is 15.1. The predicted molar refractivity (Wildman–Crippen MR) is 71.0 cm³/mol. The molecular formula is C15H18N2. The fourth-order valence-electron chi connectivity index (χ4n) is 2.63. The molecule has 0 spiro atoms. The monoisotopic (exact) mass is 226 g/mol. The summed E-state index contributed by atoms with van der Waals surface area (Å²) in [5.41, 5.74) is 6.75. The molecule has 0 unspecified atom stereocenters. The van der Waals surface area contributed by atoms with E-state index in [4.69, 9.17) is 0 Å². The third-order valence-corrected chi connectivity index (χ3v) is 3.38. The molecule has 1 aliphatic rings. The number of hydrogen-bond donors (Lipinski definition) is 1. The van der Waals surface area contributed by atoms with Crippen molar-refractivity contribution in [2.24, 2.45) is 0 Å². The van der Waals surface area contributed by atoms with Gasteiger partial charge in [0.05, 0.1) is 0 Å². The standard InChI is InChI=1S/C15H18N2/c1-11-5-12(2)7-13(6-11)14-8-15-9-16-3-4-17(15)10-14/h5-8,10,16H,3-4,9H2,1-2H3. The van der Waals surface area contributed by atoms with Gasteiger partial charge in [-0.3, -0.25) is 0 Å². The molecule has 0 saturated carbocycles. The highest BCUT2D eigenvalue weighted by molar-refractivity contribution is 5.65. The van der Waals surface area contributed by atoms with Crippen LogP contribution in [0.2, 0.25) is 0 Å². The number of nitrogens with one attached hydrogen (secondary N) is 1. The summed E-state index contributed by atoms with van der Waals surface area (Å²) >= 11 is 0. The zero-order valence-corrected chi connectivity index (χ0v) is 10.5. The van der Waals surface area contributed by atoms with Crippen molar-refractivity contribution in [2.75, 3.05) is 6.54 Å². The Morgan fingerprint density at radius 1 is 1.00 bits per heavy atom. The molecule has 1 aliphatic heterocycles. The van der Waals surface area contributed by atoms with Crippen LogP contribution < -0.4 is 5.32 Å². The number of nitrogens with zero attached hydrogens (tertiary/aromatic N) is 1. The number of rotatable bonds is 1. The quantitative estimate of drug-likeness (QED) is 0.791. The lowest BCUT2D eigenvalue weighted by atomic mass is 10.0. The molecule has 0 fully saturated rings. The Morgan fingerprint density at radius 3 is 2.47 bits per heavy atom. The van der Waals surface area contributed by atoms with E-state index in [1.54, 1.807) is 0 Å². The summed E-state index contributed by atoms with van der Waals surface area (Å²) in [6, 6.07) is 9.06. The Labute approximate surface area is 102 Å². The largest absolute Gasteiger partial charge is 0.348 e. The molecule has 2 heterocycles. The molecule has 0 bridgehead atoms. The molecular weight excluding hydrogens is 208 g/mol. The van der Waals surface area contributed by atoms with Crippen molar-refractivity contribution in [3.63, 3.8) is 0 Å². The van der Waals surface area contributed by atoms with E-state index in [1.807, 2.05) is 0 Å². The lowest BCUT2D eigenvalue weighted by molar-refractivity contribution is 0.517. The minimum atomic E-state index is 0.991. The van der Waals surface area contributed by atoms with E-state index in [9.17, 15) is 0 Å². The second-order valence-electron chi connectivity index (χ2n) is 4.97. The number of hydrogen-bond acceptors (Lipinski definition) is 1. The van der Waals surface area contributed by atoms with Crippen molar-refractivity contribution >= 4 is 0 Å². The summed E-state index contributed by atoms with van der Waals surface area (Å²) in [6.07, 6.45) is 2.28. The number of aromatic nitrogens is 1. The Balaban J connectivity index is 2.05. The number of fused-ring (bicyclic) bond motifs is 1. The molecule has 0 radical (unpaired) electrons. The van der Waals surface area contributed by atoms with Gasteiger partial charge in [0.15, 0.2) is 0 Å². The Morgan fingerprint density at radius 2 is 1.76 bits per heavy atom. The zero-order valence-electron chi connectivity index (χ0n) is 10.5. The van der Waals surface area contributed by atoms with Crippen LogP contribution in [0.25, 0.3) is 11.1 Å². The van der Waals surface area contributed by atoms with Crippen molar-refractivity contribution in [1.82, 2.24) is 9.88 Å². The molecule has 0 aliphatic carbocycles. The fraction of sp³-hybridized carbons (Fsp3) is 0.333. The van der Waals surface area contributed by atoms with Crippen LogP contribution in [-0.2, 0) is 13.1 Å². The SMILES string of the molecule is Cc1cc(C)cc(-c2cc3n(c2)CCNC3)c1. The Kier molecular flexibility index (Phi) is 2.52. The van der Waals surface area contributed by atoms with Crippen LogP contribution in [0.5, 0.6) is 0 Å². The van der Waals surface area contributed by atoms with Crippen LogP contribution in [0.4, 0.5) is 0 Å². The van der Waals surface area contributed by atoms with E-state index in [0.29, 0.717) is 0 Å². The van der Waals surface area contributed by atoms with Gasteiger partial charge in [-0.25, -0.2) is 0 Å². The van der Waals surface area contributed by atoms with Gasteiger partial charge < -0.3 is 9.88 Å². The maximum atomic E-state index is 3.41. The van der Waals surface area contributed by atoms with Crippen LogP contribution in [-0.4, -0.2) is 11.1 Å². The van der Waals surface area contributed by atoms with Gasteiger partial charge in [0.25, 0.3) is 0 Å². The van der Waals surface area contributed by atoms with Crippen molar-refractivity contribution < 1.29 is 0 Å². The topological polar surface area (TPSA) is 17.0 Å². The Bertz CT molecular complexity index is 508. The molecule has 17 heavy (non-hydrogen) atoms. The summed E-state index contributed by atoms with van der Waals surface area (Å²) in [5, 5.41) is 3.41.